The van der Waals surface area contributed by atoms with Gasteiger partial charge < -0.3 is 19.9 Å². The Bertz CT molecular complexity index is 1340. The van der Waals surface area contributed by atoms with Crippen LogP contribution in [0.25, 0.3) is 5.82 Å². The number of aryl methyl sites for hydroxylation is 1. The predicted octanol–water partition coefficient (Wildman–Crippen LogP) is 2.37. The Hall–Kier alpha value is -4.01. The fourth-order valence-electron chi connectivity index (χ4n) is 3.05. The Kier molecular flexibility index (Phi) is 7.62. The normalized spacial score (nSPS) is 12.4. The number of aliphatic hydroxyl groups excluding tert-OH is 1. The molecule has 0 bridgehead atoms. The molecule has 0 aliphatic heterocycles. The number of halogens is 4. The third kappa shape index (κ3) is 5.30. The molecule has 3 heterocycles. The number of methoxy groups -OCH3 is 1. The highest BCUT2D eigenvalue weighted by Gasteiger charge is 2.39. The van der Waals surface area contributed by atoms with Crippen molar-refractivity contribution >= 4 is 11.6 Å². The molecule has 3 aromatic heterocycles. The molecule has 36 heavy (non-hydrogen) atoms. The molecule has 2 N–H and O–H groups in total. The van der Waals surface area contributed by atoms with Gasteiger partial charge in [-0.25, -0.2) is 14.2 Å². The zero-order valence-corrected chi connectivity index (χ0v) is 19.6. The minimum absolute atomic E-state index is 0.0695. The molecule has 0 saturated heterocycles. The number of ether oxygens (including phenoxy) is 2. The second kappa shape index (κ2) is 10.3. The van der Waals surface area contributed by atoms with Crippen LogP contribution < -0.4 is 20.5 Å². The molecule has 1 amide bonds. The van der Waals surface area contributed by atoms with E-state index < -0.39 is 53.6 Å². The smallest absolute Gasteiger partial charge is 0.425 e. The van der Waals surface area contributed by atoms with Crippen LogP contribution in [0.5, 0.6) is 11.8 Å². The molecule has 0 fully saturated rings. The number of hydrogen-bond acceptors (Lipinski definition) is 8. The molecule has 194 valence electrons. The number of alkyl halides is 3. The van der Waals surface area contributed by atoms with Gasteiger partial charge in [-0.2, -0.15) is 22.8 Å². The van der Waals surface area contributed by atoms with Gasteiger partial charge in [-0.05, 0) is 32.4 Å². The highest BCUT2D eigenvalue weighted by Crippen LogP contribution is 2.29. The third-order valence-corrected chi connectivity index (χ3v) is 5.05. The van der Waals surface area contributed by atoms with E-state index in [0.717, 1.165) is 4.57 Å². The van der Waals surface area contributed by atoms with Crippen molar-refractivity contribution in [1.29, 1.82) is 0 Å². The van der Waals surface area contributed by atoms with Crippen LogP contribution >= 0.6 is 0 Å². The molecule has 15 heteroatoms. The lowest BCUT2D eigenvalue weighted by Gasteiger charge is -2.19. The average molecular weight is 514 g/mol. The van der Waals surface area contributed by atoms with E-state index >= 15 is 4.39 Å². The zero-order chi connectivity index (χ0) is 26.8. The molecule has 0 aliphatic rings. The lowest BCUT2D eigenvalue weighted by atomic mass is 10.2. The fraction of sp³-hybridized carbons (Fsp3) is 0.381. The second-order valence-electron chi connectivity index (χ2n) is 7.46. The van der Waals surface area contributed by atoms with Crippen LogP contribution in [0.4, 0.5) is 23.2 Å². The maximum Gasteiger partial charge on any atom is 0.425 e. The standard InChI is InChI=1S/C21H22F4N6O5/c1-5-30-15(9-32)29-31(20(30)34)17-13(22)6-12(19(28-17)36-11(3)21(23,24)25)18(33)27-14-7-16(35-4)26-8-10(14)2/h6-8,11,32H,5,9H2,1-4H3,(H,26,27,33)/t11-/m0/s1. The highest BCUT2D eigenvalue weighted by molar-refractivity contribution is 6.06. The minimum atomic E-state index is -4.84. The van der Waals surface area contributed by atoms with Crippen LogP contribution in [0.15, 0.2) is 23.1 Å². The number of rotatable bonds is 8. The van der Waals surface area contributed by atoms with Gasteiger partial charge in [0.15, 0.2) is 23.6 Å². The first-order valence-corrected chi connectivity index (χ1v) is 10.5. The van der Waals surface area contributed by atoms with Gasteiger partial charge in [0, 0.05) is 18.8 Å². The van der Waals surface area contributed by atoms with Gasteiger partial charge in [-0.15, -0.1) is 5.10 Å². The van der Waals surface area contributed by atoms with Crippen molar-refractivity contribution < 1.29 is 36.9 Å². The first-order valence-electron chi connectivity index (χ1n) is 10.5. The van der Waals surface area contributed by atoms with Gasteiger partial charge in [0.2, 0.25) is 11.8 Å². The molecule has 0 aromatic carbocycles. The van der Waals surface area contributed by atoms with E-state index in [2.05, 4.69) is 20.4 Å². The summed E-state index contributed by atoms with van der Waals surface area (Å²) in [6.45, 7) is 3.25. The molecule has 3 rings (SSSR count). The zero-order valence-electron chi connectivity index (χ0n) is 19.6. The van der Waals surface area contributed by atoms with E-state index in [4.69, 9.17) is 9.47 Å². The van der Waals surface area contributed by atoms with Crippen LogP contribution in [0.1, 0.15) is 35.6 Å². The predicted molar refractivity (Wildman–Crippen MR) is 117 cm³/mol. The van der Waals surface area contributed by atoms with Gasteiger partial charge in [0.25, 0.3) is 5.91 Å². The number of carbonyl (C=O) groups is 1. The van der Waals surface area contributed by atoms with E-state index in [1.54, 1.807) is 13.8 Å². The summed E-state index contributed by atoms with van der Waals surface area (Å²) in [4.78, 5) is 33.3. The molecule has 0 saturated carbocycles. The Morgan fingerprint density at radius 1 is 1.31 bits per heavy atom. The largest absolute Gasteiger partial charge is 0.481 e. The van der Waals surface area contributed by atoms with Crippen molar-refractivity contribution in [2.24, 2.45) is 0 Å². The number of pyridine rings is 2. The number of anilines is 1. The van der Waals surface area contributed by atoms with Crippen LogP contribution in [0.3, 0.4) is 0 Å². The molecular formula is C21H22F4N6O5. The SMILES string of the molecule is CCn1c(CO)nn(-c2nc(O[C@@H](C)C(F)(F)F)c(C(=O)Nc3cc(OC)ncc3C)cc2F)c1=O. The van der Waals surface area contributed by atoms with Crippen molar-refractivity contribution in [3.05, 3.63) is 51.6 Å². The number of aliphatic hydroxyl groups is 1. The van der Waals surface area contributed by atoms with E-state index in [-0.39, 0.29) is 23.9 Å². The number of amides is 1. The van der Waals surface area contributed by atoms with Crippen LogP contribution in [-0.4, -0.2) is 54.7 Å². The van der Waals surface area contributed by atoms with Crippen molar-refractivity contribution in [2.75, 3.05) is 12.4 Å². The summed E-state index contributed by atoms with van der Waals surface area (Å²) < 4.78 is 66.1. The van der Waals surface area contributed by atoms with E-state index in [9.17, 15) is 27.9 Å². The van der Waals surface area contributed by atoms with Gasteiger partial charge in [-0.1, -0.05) is 0 Å². The van der Waals surface area contributed by atoms with Crippen molar-refractivity contribution in [3.63, 3.8) is 0 Å². The molecule has 0 unspecified atom stereocenters. The van der Waals surface area contributed by atoms with Gasteiger partial charge in [-0.3, -0.25) is 9.36 Å². The Balaban J connectivity index is 2.14. The quantitative estimate of drug-likeness (QED) is 0.438. The van der Waals surface area contributed by atoms with E-state index in [1.165, 1.54) is 19.4 Å². The van der Waals surface area contributed by atoms with Crippen molar-refractivity contribution in [2.45, 2.75) is 46.2 Å². The Morgan fingerprint density at radius 3 is 2.56 bits per heavy atom. The monoisotopic (exact) mass is 514 g/mol. The highest BCUT2D eigenvalue weighted by atomic mass is 19.4. The summed E-state index contributed by atoms with van der Waals surface area (Å²) in [7, 11) is 1.34. The lowest BCUT2D eigenvalue weighted by molar-refractivity contribution is -0.190. The molecule has 0 radical (unpaired) electrons. The fourth-order valence-corrected chi connectivity index (χ4v) is 3.05. The number of nitrogens with one attached hydrogen (secondary N) is 1. The van der Waals surface area contributed by atoms with Crippen molar-refractivity contribution in [1.82, 2.24) is 24.3 Å². The van der Waals surface area contributed by atoms with Crippen molar-refractivity contribution in [3.8, 4) is 17.6 Å². The average Bonchev–Trinajstić information content (AvgIpc) is 3.15. The van der Waals surface area contributed by atoms with Crippen LogP contribution in [0.2, 0.25) is 0 Å². The summed E-state index contributed by atoms with van der Waals surface area (Å²) in [6, 6.07) is 1.94. The molecular weight excluding hydrogens is 492 g/mol. The molecule has 0 spiro atoms. The summed E-state index contributed by atoms with van der Waals surface area (Å²) in [5, 5.41) is 15.6. The second-order valence-corrected chi connectivity index (χ2v) is 7.46. The maximum absolute atomic E-state index is 15.1. The summed E-state index contributed by atoms with van der Waals surface area (Å²) in [5.74, 6) is -3.98. The van der Waals surface area contributed by atoms with Gasteiger partial charge >= 0.3 is 11.9 Å². The number of carbonyl (C=O) groups excluding carboxylic acids is 1. The molecule has 0 aliphatic carbocycles. The molecule has 3 aromatic rings. The topological polar surface area (TPSA) is 133 Å². The van der Waals surface area contributed by atoms with E-state index in [1.807, 2.05) is 0 Å². The molecule has 1 atom stereocenters. The maximum atomic E-state index is 15.1. The summed E-state index contributed by atoms with van der Waals surface area (Å²) in [5.41, 5.74) is -0.905. The van der Waals surface area contributed by atoms with Gasteiger partial charge in [0.05, 0.1) is 12.8 Å². The first-order chi connectivity index (χ1) is 16.9. The summed E-state index contributed by atoms with van der Waals surface area (Å²) >= 11 is 0. The van der Waals surface area contributed by atoms with Gasteiger partial charge in [0.1, 0.15) is 12.2 Å². The van der Waals surface area contributed by atoms with E-state index in [0.29, 0.717) is 23.2 Å². The number of hydrogen-bond donors (Lipinski definition) is 2. The Labute approximate surface area is 201 Å². The Morgan fingerprint density at radius 2 is 2.00 bits per heavy atom. The molecule has 11 nitrogen and oxygen atoms in total. The number of nitrogens with zero attached hydrogens (tertiary/aromatic N) is 5. The van der Waals surface area contributed by atoms with Crippen LogP contribution in [-0.2, 0) is 13.2 Å². The first kappa shape index (κ1) is 26.6. The van der Waals surface area contributed by atoms with Crippen LogP contribution in [0, 0.1) is 12.7 Å². The minimum Gasteiger partial charge on any atom is -0.481 e. The lowest BCUT2D eigenvalue weighted by Crippen LogP contribution is -2.33. The third-order valence-electron chi connectivity index (χ3n) is 5.05. The summed E-state index contributed by atoms with van der Waals surface area (Å²) in [6.07, 6.45) is -5.89. The number of aromatic nitrogens is 5.